The minimum atomic E-state index is 0.780. The Morgan fingerprint density at radius 3 is 3.06 bits per heavy atom. The van der Waals surface area contributed by atoms with Gasteiger partial charge in [-0.05, 0) is 51.0 Å². The topological polar surface area (TPSA) is 35.2 Å². The predicted molar refractivity (Wildman–Crippen MR) is 73.3 cm³/mol. The molecule has 6 heteroatoms. The van der Waals surface area contributed by atoms with Gasteiger partial charge in [0.1, 0.15) is 0 Å². The van der Waals surface area contributed by atoms with Gasteiger partial charge in [0.25, 0.3) is 0 Å². The number of hydrogen-bond acceptors (Lipinski definition) is 5. The summed E-state index contributed by atoms with van der Waals surface area (Å²) in [5.74, 6) is 0.806. The predicted octanol–water partition coefficient (Wildman–Crippen LogP) is 2.12. The molecule has 1 aromatic rings. The zero-order valence-electron chi connectivity index (χ0n) is 10.1. The summed E-state index contributed by atoms with van der Waals surface area (Å²) in [5.41, 5.74) is 0. The van der Waals surface area contributed by atoms with Gasteiger partial charge in [0.15, 0.2) is 3.95 Å². The van der Waals surface area contributed by atoms with Gasteiger partial charge >= 0.3 is 0 Å². The van der Waals surface area contributed by atoms with Crippen LogP contribution in [-0.4, -0.2) is 47.8 Å². The van der Waals surface area contributed by atoms with E-state index < -0.39 is 0 Å². The molecule has 0 bridgehead atoms. The molecule has 0 saturated carbocycles. The van der Waals surface area contributed by atoms with Crippen LogP contribution in [0.3, 0.4) is 0 Å². The number of hydrogen-bond donors (Lipinski definition) is 1. The molecule has 2 unspecified atom stereocenters. The van der Waals surface area contributed by atoms with E-state index in [-0.39, 0.29) is 0 Å². The summed E-state index contributed by atoms with van der Waals surface area (Å²) in [5, 5.41) is 8.25. The van der Waals surface area contributed by atoms with Crippen LogP contribution in [0.1, 0.15) is 19.3 Å². The van der Waals surface area contributed by atoms with E-state index in [0.717, 1.165) is 34.1 Å². The monoisotopic (exact) mass is 270 g/mol. The number of anilines is 1. The van der Waals surface area contributed by atoms with E-state index in [9.17, 15) is 0 Å². The lowest BCUT2D eigenvalue weighted by atomic mass is 9.84. The third-order valence-electron chi connectivity index (χ3n) is 4.04. The summed E-state index contributed by atoms with van der Waals surface area (Å²) in [4.78, 5) is 4.94. The molecule has 1 aromatic heterocycles. The zero-order valence-corrected chi connectivity index (χ0v) is 11.7. The summed E-state index contributed by atoms with van der Waals surface area (Å²) in [6, 6.07) is 0.784. The van der Waals surface area contributed by atoms with Crippen LogP contribution in [0, 0.1) is 9.87 Å². The van der Waals surface area contributed by atoms with Crippen molar-refractivity contribution in [2.45, 2.75) is 25.3 Å². The second-order valence-electron chi connectivity index (χ2n) is 5.08. The smallest absolute Gasteiger partial charge is 0.206 e. The Morgan fingerprint density at radius 2 is 2.29 bits per heavy atom. The highest BCUT2D eigenvalue weighted by Crippen LogP contribution is 2.32. The van der Waals surface area contributed by atoms with Gasteiger partial charge in [-0.1, -0.05) is 11.3 Å². The highest BCUT2D eigenvalue weighted by Gasteiger charge is 2.34. The van der Waals surface area contributed by atoms with Crippen LogP contribution >= 0.6 is 23.6 Å². The van der Waals surface area contributed by atoms with E-state index >= 15 is 0 Å². The maximum absolute atomic E-state index is 5.10. The summed E-state index contributed by atoms with van der Waals surface area (Å²) in [6.45, 7) is 3.52. The lowest BCUT2D eigenvalue weighted by molar-refractivity contribution is 0.102. The molecule has 2 saturated heterocycles. The van der Waals surface area contributed by atoms with Crippen molar-refractivity contribution in [1.82, 2.24) is 15.1 Å². The molecule has 2 aliphatic rings. The lowest BCUT2D eigenvalue weighted by Crippen LogP contribution is -2.52. The number of aromatic amines is 1. The molecule has 0 aliphatic carbocycles. The highest BCUT2D eigenvalue weighted by molar-refractivity contribution is 7.73. The first-order chi connectivity index (χ1) is 8.24. The molecule has 2 atom stereocenters. The normalized spacial score (nSPS) is 30.3. The SMILES string of the molecule is CN1CCCC2CN(c3n[nH]c(=S)s3)CCC21. The van der Waals surface area contributed by atoms with E-state index in [1.165, 1.54) is 25.8 Å². The van der Waals surface area contributed by atoms with Crippen LogP contribution in [0.15, 0.2) is 0 Å². The van der Waals surface area contributed by atoms with Crippen molar-refractivity contribution in [3.05, 3.63) is 3.95 Å². The largest absolute Gasteiger partial charge is 0.346 e. The molecule has 0 spiro atoms. The molecular formula is C11H18N4S2. The average Bonchev–Trinajstić information content (AvgIpc) is 2.76. The minimum absolute atomic E-state index is 0.780. The molecular weight excluding hydrogens is 252 g/mol. The van der Waals surface area contributed by atoms with Crippen molar-refractivity contribution in [2.24, 2.45) is 5.92 Å². The van der Waals surface area contributed by atoms with E-state index in [0.29, 0.717) is 0 Å². The van der Waals surface area contributed by atoms with Crippen LogP contribution < -0.4 is 4.90 Å². The third kappa shape index (κ3) is 2.26. The number of H-pyrrole nitrogens is 1. The van der Waals surface area contributed by atoms with Gasteiger partial charge in [-0.25, -0.2) is 0 Å². The Balaban J connectivity index is 1.73. The highest BCUT2D eigenvalue weighted by atomic mass is 32.1. The van der Waals surface area contributed by atoms with Crippen LogP contribution in [0.25, 0.3) is 0 Å². The number of fused-ring (bicyclic) bond motifs is 1. The Morgan fingerprint density at radius 1 is 1.41 bits per heavy atom. The fraction of sp³-hybridized carbons (Fsp3) is 0.818. The fourth-order valence-electron chi connectivity index (χ4n) is 3.18. The van der Waals surface area contributed by atoms with Gasteiger partial charge in [-0.2, -0.15) is 0 Å². The molecule has 2 fully saturated rings. The van der Waals surface area contributed by atoms with Gasteiger partial charge in [0.05, 0.1) is 0 Å². The van der Waals surface area contributed by atoms with Crippen LogP contribution in [0.2, 0.25) is 0 Å². The fourth-order valence-corrected chi connectivity index (χ4v) is 4.10. The number of likely N-dealkylation sites (tertiary alicyclic amines) is 1. The lowest BCUT2D eigenvalue weighted by Gasteiger charge is -2.45. The molecule has 4 nitrogen and oxygen atoms in total. The molecule has 0 radical (unpaired) electrons. The van der Waals surface area contributed by atoms with Crippen LogP contribution in [-0.2, 0) is 0 Å². The number of piperidine rings is 2. The van der Waals surface area contributed by atoms with E-state index in [4.69, 9.17) is 12.2 Å². The van der Waals surface area contributed by atoms with Gasteiger partial charge in [-0.15, -0.1) is 5.10 Å². The average molecular weight is 270 g/mol. The van der Waals surface area contributed by atoms with Crippen LogP contribution in [0.5, 0.6) is 0 Å². The first-order valence-corrected chi connectivity index (χ1v) is 7.47. The molecule has 1 N–H and O–H groups in total. The Bertz CT molecular complexity index is 441. The van der Waals surface area contributed by atoms with Crippen molar-refractivity contribution in [2.75, 3.05) is 31.6 Å². The van der Waals surface area contributed by atoms with Crippen molar-refractivity contribution in [1.29, 1.82) is 0 Å². The third-order valence-corrected chi connectivity index (χ3v) is 5.19. The molecule has 3 rings (SSSR count). The number of rotatable bonds is 1. The minimum Gasteiger partial charge on any atom is -0.346 e. The number of nitrogens with zero attached hydrogens (tertiary/aromatic N) is 3. The number of aromatic nitrogens is 2. The Kier molecular flexibility index (Phi) is 3.19. The maximum atomic E-state index is 5.10. The summed E-state index contributed by atoms with van der Waals surface area (Å²) >= 11 is 6.70. The Labute approximate surface area is 111 Å². The van der Waals surface area contributed by atoms with Crippen molar-refractivity contribution >= 4 is 28.7 Å². The van der Waals surface area contributed by atoms with E-state index in [1.54, 1.807) is 11.3 Å². The molecule has 17 heavy (non-hydrogen) atoms. The molecule has 2 aliphatic heterocycles. The molecule has 94 valence electrons. The molecule has 3 heterocycles. The zero-order chi connectivity index (χ0) is 11.8. The summed E-state index contributed by atoms with van der Waals surface area (Å²) in [7, 11) is 2.27. The molecule has 0 aromatic carbocycles. The van der Waals surface area contributed by atoms with Gasteiger partial charge in [-0.3, -0.25) is 5.10 Å². The first-order valence-electron chi connectivity index (χ1n) is 6.25. The maximum Gasteiger partial charge on any atom is 0.206 e. The van der Waals surface area contributed by atoms with Crippen molar-refractivity contribution < 1.29 is 0 Å². The van der Waals surface area contributed by atoms with Gasteiger partial charge in [0, 0.05) is 19.1 Å². The summed E-state index contributed by atoms with van der Waals surface area (Å²) in [6.07, 6.45) is 3.95. The summed E-state index contributed by atoms with van der Waals surface area (Å²) < 4.78 is 0.780. The number of nitrogens with one attached hydrogen (secondary N) is 1. The quantitative estimate of drug-likeness (QED) is 0.793. The molecule has 0 amide bonds. The van der Waals surface area contributed by atoms with E-state index in [2.05, 4.69) is 27.0 Å². The first kappa shape index (κ1) is 11.6. The van der Waals surface area contributed by atoms with Crippen molar-refractivity contribution in [3.63, 3.8) is 0 Å². The second kappa shape index (κ2) is 4.66. The van der Waals surface area contributed by atoms with Gasteiger partial charge in [0.2, 0.25) is 5.13 Å². The standard InChI is InChI=1S/C11H18N4S2/c1-14-5-2-3-8-7-15(6-4-9(8)14)10-12-13-11(16)17-10/h8-9H,2-7H2,1H3,(H,13,16). The van der Waals surface area contributed by atoms with Gasteiger partial charge < -0.3 is 9.80 Å². The Hall–Kier alpha value is -0.460. The second-order valence-corrected chi connectivity index (χ2v) is 6.72. The van der Waals surface area contributed by atoms with Crippen molar-refractivity contribution in [3.8, 4) is 0 Å². The van der Waals surface area contributed by atoms with Crippen LogP contribution in [0.4, 0.5) is 5.13 Å². The van der Waals surface area contributed by atoms with E-state index in [1.807, 2.05) is 0 Å².